The Bertz CT molecular complexity index is 1120. The molecule has 0 aliphatic rings. The van der Waals surface area contributed by atoms with Crippen molar-refractivity contribution in [3.8, 4) is 5.75 Å². The lowest BCUT2D eigenvalue weighted by molar-refractivity contribution is -0.118. The van der Waals surface area contributed by atoms with Crippen molar-refractivity contribution in [2.24, 2.45) is 0 Å². The molecule has 0 spiro atoms. The Morgan fingerprint density at radius 1 is 1.00 bits per heavy atom. The average molecular weight is 403 g/mol. The zero-order chi connectivity index (χ0) is 20.2. The molecule has 0 unspecified atom stereocenters. The summed E-state index contributed by atoms with van der Waals surface area (Å²) in [6, 6.07) is 21.9. The molecule has 1 amide bonds. The number of amides is 1. The van der Waals surface area contributed by atoms with Crippen LogP contribution in [0.2, 0.25) is 0 Å². The number of aromatic nitrogens is 1. The van der Waals surface area contributed by atoms with Gasteiger partial charge in [0.2, 0.25) is 0 Å². The summed E-state index contributed by atoms with van der Waals surface area (Å²) >= 11 is 1.72. The van der Waals surface area contributed by atoms with Crippen LogP contribution in [-0.4, -0.2) is 17.5 Å². The van der Waals surface area contributed by atoms with Gasteiger partial charge in [-0.2, -0.15) is 0 Å². The predicted molar refractivity (Wildman–Crippen MR) is 119 cm³/mol. The SMILES string of the molecule is Cc1cccc(OCC(=O)Nc2ccc(Cc3nc4ccccc4s3)cc2)c1C. The number of hydrogen-bond donors (Lipinski definition) is 1. The molecule has 1 N–H and O–H groups in total. The predicted octanol–water partition coefficient (Wildman–Crippen LogP) is 5.52. The maximum atomic E-state index is 12.2. The summed E-state index contributed by atoms with van der Waals surface area (Å²) < 4.78 is 6.87. The molecule has 4 aromatic rings. The third kappa shape index (κ3) is 4.63. The van der Waals surface area contributed by atoms with Gasteiger partial charge in [-0.05, 0) is 60.9 Å². The highest BCUT2D eigenvalue weighted by atomic mass is 32.1. The molecule has 0 atom stereocenters. The van der Waals surface area contributed by atoms with Crippen LogP contribution in [0.5, 0.6) is 5.75 Å². The van der Waals surface area contributed by atoms with Crippen LogP contribution in [0.1, 0.15) is 21.7 Å². The van der Waals surface area contributed by atoms with Gasteiger partial charge in [0.1, 0.15) is 5.75 Å². The Balaban J connectivity index is 1.34. The number of aryl methyl sites for hydroxylation is 1. The van der Waals surface area contributed by atoms with Crippen molar-refractivity contribution in [2.75, 3.05) is 11.9 Å². The second kappa shape index (κ2) is 8.45. The Labute approximate surface area is 174 Å². The minimum absolute atomic E-state index is 0.0161. The van der Waals surface area contributed by atoms with Crippen molar-refractivity contribution in [1.82, 2.24) is 4.98 Å². The number of hydrogen-bond acceptors (Lipinski definition) is 4. The van der Waals surface area contributed by atoms with E-state index in [1.54, 1.807) is 11.3 Å². The Morgan fingerprint density at radius 2 is 1.79 bits per heavy atom. The number of nitrogens with one attached hydrogen (secondary N) is 1. The zero-order valence-corrected chi connectivity index (χ0v) is 17.3. The van der Waals surface area contributed by atoms with E-state index in [0.29, 0.717) is 0 Å². The fourth-order valence-corrected chi connectivity index (χ4v) is 4.10. The van der Waals surface area contributed by atoms with E-state index in [4.69, 9.17) is 4.74 Å². The van der Waals surface area contributed by atoms with Crippen LogP contribution < -0.4 is 10.1 Å². The van der Waals surface area contributed by atoms with Crippen LogP contribution >= 0.6 is 11.3 Å². The van der Waals surface area contributed by atoms with Crippen LogP contribution in [0.4, 0.5) is 5.69 Å². The van der Waals surface area contributed by atoms with E-state index in [2.05, 4.69) is 16.4 Å². The molecule has 0 saturated carbocycles. The van der Waals surface area contributed by atoms with Crippen molar-refractivity contribution in [3.63, 3.8) is 0 Å². The second-order valence-corrected chi connectivity index (χ2v) is 8.10. The molecule has 1 heterocycles. The van der Waals surface area contributed by atoms with Gasteiger partial charge in [0.25, 0.3) is 5.91 Å². The molecule has 5 heteroatoms. The van der Waals surface area contributed by atoms with Gasteiger partial charge in [-0.3, -0.25) is 4.79 Å². The minimum Gasteiger partial charge on any atom is -0.483 e. The third-order valence-electron chi connectivity index (χ3n) is 4.84. The van der Waals surface area contributed by atoms with Gasteiger partial charge in [-0.1, -0.05) is 36.4 Å². The molecule has 0 fully saturated rings. The molecule has 146 valence electrons. The third-order valence-corrected chi connectivity index (χ3v) is 5.88. The highest BCUT2D eigenvalue weighted by molar-refractivity contribution is 7.18. The monoisotopic (exact) mass is 402 g/mol. The van der Waals surface area contributed by atoms with Crippen LogP contribution in [-0.2, 0) is 11.2 Å². The fourth-order valence-electron chi connectivity index (χ4n) is 3.10. The fraction of sp³-hybridized carbons (Fsp3) is 0.167. The van der Waals surface area contributed by atoms with E-state index in [9.17, 15) is 4.79 Å². The van der Waals surface area contributed by atoms with E-state index in [-0.39, 0.29) is 12.5 Å². The van der Waals surface area contributed by atoms with Crippen LogP contribution in [0.15, 0.2) is 66.7 Å². The number of fused-ring (bicyclic) bond motifs is 1. The highest BCUT2D eigenvalue weighted by Gasteiger charge is 2.08. The highest BCUT2D eigenvalue weighted by Crippen LogP contribution is 2.24. The van der Waals surface area contributed by atoms with Crippen molar-refractivity contribution in [3.05, 3.63) is 88.4 Å². The quantitative estimate of drug-likeness (QED) is 0.462. The van der Waals surface area contributed by atoms with Gasteiger partial charge in [-0.15, -0.1) is 11.3 Å². The maximum absolute atomic E-state index is 12.2. The van der Waals surface area contributed by atoms with E-state index in [1.165, 1.54) is 4.70 Å². The summed E-state index contributed by atoms with van der Waals surface area (Å²) in [6.07, 6.45) is 0.781. The first-order valence-corrected chi connectivity index (χ1v) is 10.3. The number of thiazole rings is 1. The van der Waals surface area contributed by atoms with Crippen molar-refractivity contribution >= 4 is 33.1 Å². The number of nitrogens with zero attached hydrogens (tertiary/aromatic N) is 1. The largest absolute Gasteiger partial charge is 0.483 e. The lowest BCUT2D eigenvalue weighted by atomic mass is 10.1. The maximum Gasteiger partial charge on any atom is 0.262 e. The molecule has 0 aliphatic carbocycles. The molecular weight excluding hydrogens is 380 g/mol. The van der Waals surface area contributed by atoms with Crippen molar-refractivity contribution in [1.29, 1.82) is 0 Å². The summed E-state index contributed by atoms with van der Waals surface area (Å²) in [6.45, 7) is 4.00. The summed E-state index contributed by atoms with van der Waals surface area (Å²) in [5.74, 6) is 0.566. The molecule has 0 aliphatic heterocycles. The molecule has 4 rings (SSSR count). The molecule has 4 nitrogen and oxygen atoms in total. The van der Waals surface area contributed by atoms with E-state index in [0.717, 1.165) is 45.1 Å². The lowest BCUT2D eigenvalue weighted by Gasteiger charge is -2.11. The first kappa shape index (κ1) is 19.2. The summed E-state index contributed by atoms with van der Waals surface area (Å²) in [4.78, 5) is 16.9. The van der Waals surface area contributed by atoms with E-state index >= 15 is 0 Å². The van der Waals surface area contributed by atoms with E-state index in [1.807, 2.05) is 74.5 Å². The number of para-hydroxylation sites is 1. The Kier molecular flexibility index (Phi) is 5.58. The smallest absolute Gasteiger partial charge is 0.262 e. The number of anilines is 1. The number of carbonyl (C=O) groups excluding carboxylic acids is 1. The van der Waals surface area contributed by atoms with Gasteiger partial charge in [0.15, 0.2) is 6.61 Å². The van der Waals surface area contributed by atoms with Crippen molar-refractivity contribution < 1.29 is 9.53 Å². The van der Waals surface area contributed by atoms with Crippen LogP contribution in [0.3, 0.4) is 0 Å². The second-order valence-electron chi connectivity index (χ2n) is 6.98. The summed E-state index contributed by atoms with van der Waals surface area (Å²) in [7, 11) is 0. The molecule has 3 aromatic carbocycles. The number of carbonyl (C=O) groups is 1. The number of ether oxygens (including phenoxy) is 1. The molecule has 1 aromatic heterocycles. The topological polar surface area (TPSA) is 51.2 Å². The Hall–Kier alpha value is -3.18. The molecule has 0 saturated heterocycles. The standard InChI is InChI=1S/C24H22N2O2S/c1-16-6-5-8-21(17(16)2)28-15-23(27)25-19-12-10-18(11-13-19)14-24-26-20-7-3-4-9-22(20)29-24/h3-13H,14-15H2,1-2H3,(H,25,27). The number of rotatable bonds is 6. The lowest BCUT2D eigenvalue weighted by Crippen LogP contribution is -2.20. The first-order valence-electron chi connectivity index (χ1n) is 9.51. The molecule has 0 radical (unpaired) electrons. The van der Waals surface area contributed by atoms with Crippen molar-refractivity contribution in [2.45, 2.75) is 20.3 Å². The normalized spacial score (nSPS) is 10.8. The van der Waals surface area contributed by atoms with Gasteiger partial charge in [0, 0.05) is 12.1 Å². The zero-order valence-electron chi connectivity index (χ0n) is 16.4. The van der Waals surface area contributed by atoms with Crippen LogP contribution in [0, 0.1) is 13.8 Å². The molecular formula is C24H22N2O2S. The summed E-state index contributed by atoms with van der Waals surface area (Å²) in [5, 5.41) is 3.97. The van der Waals surface area contributed by atoms with Gasteiger partial charge < -0.3 is 10.1 Å². The average Bonchev–Trinajstić information content (AvgIpc) is 3.13. The molecule has 29 heavy (non-hydrogen) atoms. The summed E-state index contributed by atoms with van der Waals surface area (Å²) in [5.41, 5.74) is 5.16. The number of benzene rings is 3. The van der Waals surface area contributed by atoms with E-state index < -0.39 is 0 Å². The van der Waals surface area contributed by atoms with Gasteiger partial charge >= 0.3 is 0 Å². The molecule has 0 bridgehead atoms. The minimum atomic E-state index is -0.176. The first-order chi connectivity index (χ1) is 14.1. The van der Waals surface area contributed by atoms with Gasteiger partial charge in [0.05, 0.1) is 15.2 Å². The van der Waals surface area contributed by atoms with Crippen LogP contribution in [0.25, 0.3) is 10.2 Å². The van der Waals surface area contributed by atoms with Gasteiger partial charge in [-0.25, -0.2) is 4.98 Å². The Morgan fingerprint density at radius 3 is 2.59 bits per heavy atom.